The van der Waals surface area contributed by atoms with Gasteiger partial charge >= 0.3 is 0 Å². The van der Waals surface area contributed by atoms with Gasteiger partial charge in [0.05, 0.1) is 0 Å². The second-order valence-electron chi connectivity index (χ2n) is 9.66. The highest BCUT2D eigenvalue weighted by Crippen LogP contribution is 2.49. The fraction of sp³-hybridized carbons (Fsp3) is 0.233. The van der Waals surface area contributed by atoms with E-state index in [4.69, 9.17) is 0 Å². The van der Waals surface area contributed by atoms with Crippen molar-refractivity contribution in [1.82, 2.24) is 9.97 Å². The minimum Gasteiger partial charge on any atom is -0.341 e. The molecule has 188 valence electrons. The minimum atomic E-state index is -2.91. The molecular weight excluding hydrogens is 472 g/mol. The monoisotopic (exact) mass is 499 g/mol. The number of aryl methyl sites for hydroxylation is 2. The molecule has 5 rings (SSSR count). The van der Waals surface area contributed by atoms with E-state index in [2.05, 4.69) is 15.3 Å². The van der Waals surface area contributed by atoms with Crippen LogP contribution in [0.4, 0.5) is 14.5 Å². The standard InChI is InChI=1S/C30H27F2N3O2/c1-17-7-4-5-10-24(17)25-13-20(16-36)14-26(18(25)2)28-33-19(3)27(35-28)29(37)34-23-9-6-8-22(15-23)30(31,32)21-11-12-21/h4-10,13-16,21H,11-12H2,1-3H3,(H,33,35)(H,34,37). The van der Waals surface area contributed by atoms with Gasteiger partial charge in [0.25, 0.3) is 11.8 Å². The van der Waals surface area contributed by atoms with Gasteiger partial charge < -0.3 is 10.3 Å². The summed E-state index contributed by atoms with van der Waals surface area (Å²) in [6.07, 6.45) is 1.81. The molecule has 0 aliphatic heterocycles. The van der Waals surface area contributed by atoms with Crippen LogP contribution in [-0.2, 0) is 5.92 Å². The molecule has 37 heavy (non-hydrogen) atoms. The highest BCUT2D eigenvalue weighted by Gasteiger charge is 2.47. The maximum atomic E-state index is 14.6. The number of aromatic nitrogens is 2. The number of halogens is 2. The van der Waals surface area contributed by atoms with Crippen LogP contribution >= 0.6 is 0 Å². The largest absolute Gasteiger partial charge is 0.341 e. The number of nitrogens with one attached hydrogen (secondary N) is 2. The van der Waals surface area contributed by atoms with Crippen LogP contribution in [0.1, 0.15) is 56.1 Å². The number of aldehydes is 1. The summed E-state index contributed by atoms with van der Waals surface area (Å²) in [5, 5.41) is 2.71. The van der Waals surface area contributed by atoms with Crippen LogP contribution in [0, 0.1) is 26.7 Å². The van der Waals surface area contributed by atoms with Crippen LogP contribution in [0.5, 0.6) is 0 Å². The van der Waals surface area contributed by atoms with Gasteiger partial charge in [0.15, 0.2) is 0 Å². The average Bonchev–Trinajstić information content (AvgIpc) is 3.67. The van der Waals surface area contributed by atoms with Crippen molar-refractivity contribution >= 4 is 17.9 Å². The van der Waals surface area contributed by atoms with Crippen molar-refractivity contribution in [2.45, 2.75) is 39.5 Å². The summed E-state index contributed by atoms with van der Waals surface area (Å²) in [6, 6.07) is 17.3. The molecule has 2 N–H and O–H groups in total. The van der Waals surface area contributed by atoms with Gasteiger partial charge in [-0.05, 0) is 80.1 Å². The topological polar surface area (TPSA) is 74.8 Å². The molecule has 1 heterocycles. The van der Waals surface area contributed by atoms with Crippen molar-refractivity contribution in [1.29, 1.82) is 0 Å². The summed E-state index contributed by atoms with van der Waals surface area (Å²) >= 11 is 0. The number of benzene rings is 3. The van der Waals surface area contributed by atoms with Gasteiger partial charge in [-0.1, -0.05) is 36.4 Å². The number of alkyl halides is 2. The lowest BCUT2D eigenvalue weighted by Gasteiger charge is -2.17. The molecule has 0 unspecified atom stereocenters. The molecule has 1 fully saturated rings. The second-order valence-corrected chi connectivity index (χ2v) is 9.66. The zero-order valence-corrected chi connectivity index (χ0v) is 20.9. The summed E-state index contributed by atoms with van der Waals surface area (Å²) in [5.41, 5.74) is 5.97. The third-order valence-corrected chi connectivity index (χ3v) is 6.95. The lowest BCUT2D eigenvalue weighted by molar-refractivity contribution is -0.0285. The number of amides is 1. The number of nitrogens with zero attached hydrogens (tertiary/aromatic N) is 1. The summed E-state index contributed by atoms with van der Waals surface area (Å²) in [5.74, 6) is -3.60. The van der Waals surface area contributed by atoms with E-state index < -0.39 is 17.7 Å². The van der Waals surface area contributed by atoms with Crippen LogP contribution < -0.4 is 5.32 Å². The third kappa shape index (κ3) is 4.69. The number of H-pyrrole nitrogens is 1. The van der Waals surface area contributed by atoms with E-state index in [0.717, 1.165) is 28.5 Å². The summed E-state index contributed by atoms with van der Waals surface area (Å²) in [7, 11) is 0. The van der Waals surface area contributed by atoms with Crippen molar-refractivity contribution in [2.75, 3.05) is 5.32 Å². The molecule has 5 nitrogen and oxygen atoms in total. The van der Waals surface area contributed by atoms with Crippen LogP contribution in [0.25, 0.3) is 22.5 Å². The predicted octanol–water partition coefficient (Wildman–Crippen LogP) is 7.24. The molecule has 0 saturated heterocycles. The Morgan fingerprint density at radius 2 is 1.73 bits per heavy atom. The fourth-order valence-electron chi connectivity index (χ4n) is 4.69. The van der Waals surface area contributed by atoms with E-state index in [1.807, 2.05) is 44.2 Å². The Morgan fingerprint density at radius 3 is 2.43 bits per heavy atom. The Hall–Kier alpha value is -4.13. The van der Waals surface area contributed by atoms with Crippen LogP contribution in [0.15, 0.2) is 60.7 Å². The Kier molecular flexibility index (Phi) is 6.23. The maximum absolute atomic E-state index is 14.6. The van der Waals surface area contributed by atoms with Crippen molar-refractivity contribution in [3.63, 3.8) is 0 Å². The molecule has 0 atom stereocenters. The smallest absolute Gasteiger partial charge is 0.276 e. The quantitative estimate of drug-likeness (QED) is 0.263. The SMILES string of the molecule is Cc1ccccc1-c1cc(C=O)cc(-c2nc(C(=O)Nc3cccc(C(F)(F)C4CC4)c3)c(C)[nH]2)c1C. The molecule has 7 heteroatoms. The van der Waals surface area contributed by atoms with E-state index in [1.54, 1.807) is 19.1 Å². The molecule has 1 saturated carbocycles. The highest BCUT2D eigenvalue weighted by molar-refractivity contribution is 6.04. The molecule has 0 radical (unpaired) electrons. The van der Waals surface area contributed by atoms with E-state index >= 15 is 0 Å². The average molecular weight is 500 g/mol. The molecule has 4 aromatic rings. The third-order valence-electron chi connectivity index (χ3n) is 6.95. The molecule has 1 aliphatic carbocycles. The van der Waals surface area contributed by atoms with Crippen molar-refractivity contribution in [3.8, 4) is 22.5 Å². The number of rotatable bonds is 7. The molecule has 1 amide bonds. The van der Waals surface area contributed by atoms with Gasteiger partial charge in [-0.3, -0.25) is 9.59 Å². The van der Waals surface area contributed by atoms with Crippen molar-refractivity contribution in [2.24, 2.45) is 5.92 Å². The summed E-state index contributed by atoms with van der Waals surface area (Å²) < 4.78 is 29.1. The Labute approximate surface area is 214 Å². The summed E-state index contributed by atoms with van der Waals surface area (Å²) in [6.45, 7) is 5.69. The van der Waals surface area contributed by atoms with Gasteiger partial charge in [0.2, 0.25) is 0 Å². The number of carbonyl (C=O) groups excluding carboxylic acids is 2. The zero-order chi connectivity index (χ0) is 26.3. The molecular formula is C30H27F2N3O2. The van der Waals surface area contributed by atoms with Crippen molar-refractivity contribution < 1.29 is 18.4 Å². The van der Waals surface area contributed by atoms with Gasteiger partial charge in [-0.15, -0.1) is 0 Å². The minimum absolute atomic E-state index is 0.0997. The fourth-order valence-corrected chi connectivity index (χ4v) is 4.69. The highest BCUT2D eigenvalue weighted by atomic mass is 19.3. The Balaban J connectivity index is 1.47. The molecule has 3 aromatic carbocycles. The molecule has 1 aliphatic rings. The lowest BCUT2D eigenvalue weighted by Crippen LogP contribution is -2.18. The first-order valence-electron chi connectivity index (χ1n) is 12.2. The van der Waals surface area contributed by atoms with E-state index in [9.17, 15) is 18.4 Å². The van der Waals surface area contributed by atoms with Crippen LogP contribution in [0.3, 0.4) is 0 Å². The molecule has 1 aromatic heterocycles. The summed E-state index contributed by atoms with van der Waals surface area (Å²) in [4.78, 5) is 32.6. The Morgan fingerprint density at radius 1 is 1.00 bits per heavy atom. The first-order valence-corrected chi connectivity index (χ1v) is 12.2. The van der Waals surface area contributed by atoms with E-state index in [1.165, 1.54) is 18.2 Å². The maximum Gasteiger partial charge on any atom is 0.276 e. The van der Waals surface area contributed by atoms with Gasteiger partial charge in [-0.25, -0.2) is 13.8 Å². The van der Waals surface area contributed by atoms with Crippen LogP contribution in [0.2, 0.25) is 0 Å². The number of hydrogen-bond acceptors (Lipinski definition) is 3. The van der Waals surface area contributed by atoms with Crippen LogP contribution in [-0.4, -0.2) is 22.2 Å². The van der Waals surface area contributed by atoms with Gasteiger partial charge in [0, 0.05) is 34.0 Å². The number of carbonyl (C=O) groups is 2. The first kappa shape index (κ1) is 24.6. The van der Waals surface area contributed by atoms with Gasteiger partial charge in [0.1, 0.15) is 17.8 Å². The van der Waals surface area contributed by atoms with E-state index in [0.29, 0.717) is 35.5 Å². The van der Waals surface area contributed by atoms with Crippen molar-refractivity contribution in [3.05, 3.63) is 94.3 Å². The second kappa shape index (κ2) is 9.39. The lowest BCUT2D eigenvalue weighted by atomic mass is 9.91. The molecule has 0 spiro atoms. The van der Waals surface area contributed by atoms with E-state index in [-0.39, 0.29) is 16.9 Å². The zero-order valence-electron chi connectivity index (χ0n) is 20.9. The number of anilines is 1. The number of aromatic amines is 1. The number of imidazole rings is 1. The number of hydrogen-bond donors (Lipinski definition) is 2. The van der Waals surface area contributed by atoms with Gasteiger partial charge in [-0.2, -0.15) is 0 Å². The normalized spacial score (nSPS) is 13.4. The first-order chi connectivity index (χ1) is 17.7. The predicted molar refractivity (Wildman–Crippen MR) is 140 cm³/mol. The molecule has 0 bridgehead atoms. The Bertz CT molecular complexity index is 1520.